The van der Waals surface area contributed by atoms with E-state index in [2.05, 4.69) is 34.9 Å². The number of hydrogen-bond acceptors (Lipinski definition) is 2. The number of aryl methyl sites for hydroxylation is 1. The first-order chi connectivity index (χ1) is 14.9. The average Bonchev–Trinajstić information content (AvgIpc) is 3.26. The third kappa shape index (κ3) is 2.83. The van der Waals surface area contributed by atoms with Gasteiger partial charge in [-0.25, -0.2) is 8.78 Å². The van der Waals surface area contributed by atoms with Crippen LogP contribution in [-0.2, 0) is 11.3 Å². The summed E-state index contributed by atoms with van der Waals surface area (Å²) in [6.45, 7) is 3.00. The number of hydrogen-bond donors (Lipinski definition) is 0. The number of aromatic nitrogens is 2. The second-order valence-corrected chi connectivity index (χ2v) is 10.0. The molecule has 4 fully saturated rings. The molecule has 3 saturated carbocycles. The van der Waals surface area contributed by atoms with Crippen LogP contribution in [0.1, 0.15) is 42.9 Å². The Labute approximate surface area is 179 Å². The highest BCUT2D eigenvalue weighted by atomic mass is 19.1. The molecule has 7 rings (SSSR count). The fourth-order valence-corrected chi connectivity index (χ4v) is 6.39. The summed E-state index contributed by atoms with van der Waals surface area (Å²) in [5, 5.41) is 5.72. The van der Waals surface area contributed by atoms with Gasteiger partial charge in [0.2, 0.25) is 5.91 Å². The van der Waals surface area contributed by atoms with E-state index < -0.39 is 6.17 Å². The topological polar surface area (TPSA) is 38.1 Å². The Morgan fingerprint density at radius 2 is 2.00 bits per heavy atom. The third-order valence-corrected chi connectivity index (χ3v) is 7.62. The zero-order valence-corrected chi connectivity index (χ0v) is 17.5. The summed E-state index contributed by atoms with van der Waals surface area (Å²) in [6.07, 6.45) is 3.58. The summed E-state index contributed by atoms with van der Waals surface area (Å²) in [7, 11) is 0. The molecule has 4 nitrogen and oxygen atoms in total. The minimum Gasteiger partial charge on any atom is -0.332 e. The lowest BCUT2D eigenvalue weighted by Gasteiger charge is -2.70. The number of likely N-dealkylation sites (tertiary alicyclic amines) is 1. The second-order valence-electron chi connectivity index (χ2n) is 10.0. The van der Waals surface area contributed by atoms with Crippen molar-refractivity contribution in [2.45, 2.75) is 51.4 Å². The molecule has 1 aromatic heterocycles. The Kier molecular flexibility index (Phi) is 3.90. The van der Waals surface area contributed by atoms with Crippen LogP contribution < -0.4 is 0 Å². The lowest BCUT2D eigenvalue weighted by molar-refractivity contribution is -0.222. The van der Waals surface area contributed by atoms with Crippen LogP contribution in [0.15, 0.2) is 48.7 Å². The van der Waals surface area contributed by atoms with Crippen molar-refractivity contribution < 1.29 is 13.6 Å². The molecule has 3 aromatic rings. The molecule has 2 bridgehead atoms. The predicted octanol–water partition coefficient (Wildman–Crippen LogP) is 4.97. The molecule has 6 heteroatoms. The quantitative estimate of drug-likeness (QED) is 0.597. The van der Waals surface area contributed by atoms with Gasteiger partial charge in [-0.15, -0.1) is 0 Å². The first-order valence-corrected chi connectivity index (χ1v) is 11.0. The number of halogens is 2. The molecule has 1 saturated heterocycles. The van der Waals surface area contributed by atoms with Crippen LogP contribution in [0.4, 0.5) is 8.78 Å². The molecule has 0 N–H and O–H groups in total. The van der Waals surface area contributed by atoms with Crippen LogP contribution >= 0.6 is 0 Å². The summed E-state index contributed by atoms with van der Waals surface area (Å²) in [5.41, 5.74) is 2.78. The molecule has 2 atom stereocenters. The standard InChI is InChI=1S/C25H25F2N3O/c1-16-5-6-21-18(7-16)10-28-30(21)15-24-12-25(13-24,14-24)23(31)29-11-20(27)9-22(29)17-3-2-4-19(26)8-17/h2-8,10,20,22H,9,11-15H2,1H3. The molecule has 31 heavy (non-hydrogen) atoms. The molecular formula is C25H25F2N3O. The summed E-state index contributed by atoms with van der Waals surface area (Å²) < 4.78 is 30.1. The van der Waals surface area contributed by atoms with Gasteiger partial charge in [-0.2, -0.15) is 5.10 Å². The summed E-state index contributed by atoms with van der Waals surface area (Å²) in [4.78, 5) is 15.1. The highest BCUT2D eigenvalue weighted by Crippen LogP contribution is 2.74. The van der Waals surface area contributed by atoms with Gasteiger partial charge in [0.15, 0.2) is 0 Å². The van der Waals surface area contributed by atoms with Crippen molar-refractivity contribution in [2.75, 3.05) is 6.54 Å². The molecule has 1 amide bonds. The van der Waals surface area contributed by atoms with E-state index in [1.807, 2.05) is 6.20 Å². The normalized spacial score (nSPS) is 31.5. The van der Waals surface area contributed by atoms with Crippen LogP contribution in [0.25, 0.3) is 10.9 Å². The number of rotatable bonds is 4. The molecule has 1 aliphatic heterocycles. The molecule has 0 radical (unpaired) electrons. The van der Waals surface area contributed by atoms with E-state index in [1.165, 1.54) is 17.7 Å². The SMILES string of the molecule is Cc1ccc2c(cnn2CC23CC(C(=O)N4CC(F)CC4c4cccc(F)c4)(C2)C3)c1. The van der Waals surface area contributed by atoms with E-state index in [-0.39, 0.29) is 41.6 Å². The van der Waals surface area contributed by atoms with E-state index in [9.17, 15) is 13.6 Å². The molecule has 2 heterocycles. The second kappa shape index (κ2) is 6.38. The van der Waals surface area contributed by atoms with E-state index in [4.69, 9.17) is 0 Å². The highest BCUT2D eigenvalue weighted by Gasteiger charge is 2.72. The number of carbonyl (C=O) groups is 1. The number of amides is 1. The lowest BCUT2D eigenvalue weighted by atomic mass is 9.34. The van der Waals surface area contributed by atoms with Crippen molar-refractivity contribution in [3.8, 4) is 0 Å². The van der Waals surface area contributed by atoms with E-state index in [0.29, 0.717) is 5.56 Å². The average molecular weight is 421 g/mol. The Bertz CT molecular complexity index is 1180. The van der Waals surface area contributed by atoms with Gasteiger partial charge in [0, 0.05) is 18.4 Å². The van der Waals surface area contributed by atoms with Crippen molar-refractivity contribution in [3.63, 3.8) is 0 Å². The number of nitrogens with zero attached hydrogens (tertiary/aromatic N) is 3. The van der Waals surface area contributed by atoms with Gasteiger partial charge in [-0.1, -0.05) is 23.8 Å². The molecule has 2 aromatic carbocycles. The maximum absolute atomic E-state index is 14.3. The van der Waals surface area contributed by atoms with Crippen molar-refractivity contribution in [2.24, 2.45) is 10.8 Å². The zero-order chi connectivity index (χ0) is 21.4. The monoisotopic (exact) mass is 421 g/mol. The summed E-state index contributed by atoms with van der Waals surface area (Å²) in [6, 6.07) is 12.2. The van der Waals surface area contributed by atoms with Crippen LogP contribution in [0, 0.1) is 23.6 Å². The summed E-state index contributed by atoms with van der Waals surface area (Å²) >= 11 is 0. The van der Waals surface area contributed by atoms with E-state index >= 15 is 0 Å². The fourth-order valence-electron chi connectivity index (χ4n) is 6.39. The summed E-state index contributed by atoms with van der Waals surface area (Å²) in [5.74, 6) is -0.303. The number of fused-ring (bicyclic) bond motifs is 1. The Morgan fingerprint density at radius 1 is 1.19 bits per heavy atom. The maximum Gasteiger partial charge on any atom is 0.229 e. The third-order valence-electron chi connectivity index (χ3n) is 7.62. The van der Waals surface area contributed by atoms with Gasteiger partial charge < -0.3 is 4.90 Å². The number of carbonyl (C=O) groups excluding carboxylic acids is 1. The van der Waals surface area contributed by atoms with Crippen molar-refractivity contribution in [1.29, 1.82) is 0 Å². The van der Waals surface area contributed by atoms with Crippen molar-refractivity contribution in [1.82, 2.24) is 14.7 Å². The lowest BCUT2D eigenvalue weighted by Crippen LogP contribution is -2.69. The van der Waals surface area contributed by atoms with E-state index in [0.717, 1.165) is 36.7 Å². The first kappa shape index (κ1) is 19.0. The Morgan fingerprint density at radius 3 is 2.77 bits per heavy atom. The zero-order valence-electron chi connectivity index (χ0n) is 17.5. The molecule has 0 spiro atoms. The van der Waals surface area contributed by atoms with E-state index in [1.54, 1.807) is 17.0 Å². The van der Waals surface area contributed by atoms with Gasteiger partial charge in [-0.05, 0) is 61.4 Å². The smallest absolute Gasteiger partial charge is 0.229 e. The van der Waals surface area contributed by atoms with Crippen molar-refractivity contribution in [3.05, 3.63) is 65.6 Å². The minimum absolute atomic E-state index is 0.0461. The first-order valence-electron chi connectivity index (χ1n) is 11.0. The van der Waals surface area contributed by atoms with Gasteiger partial charge in [0.25, 0.3) is 0 Å². The highest BCUT2D eigenvalue weighted by molar-refractivity contribution is 5.87. The number of alkyl halides is 1. The molecule has 160 valence electrons. The van der Waals surface area contributed by atoms with Gasteiger partial charge in [-0.3, -0.25) is 9.48 Å². The predicted molar refractivity (Wildman–Crippen MR) is 114 cm³/mol. The maximum atomic E-state index is 14.3. The van der Waals surface area contributed by atoms with Crippen molar-refractivity contribution >= 4 is 16.8 Å². The van der Waals surface area contributed by atoms with Crippen LogP contribution in [0.3, 0.4) is 0 Å². The minimum atomic E-state index is -1.06. The Balaban J connectivity index is 1.18. The Hall–Kier alpha value is -2.76. The van der Waals surface area contributed by atoms with Gasteiger partial charge in [0.05, 0.1) is 29.7 Å². The van der Waals surface area contributed by atoms with Crippen LogP contribution in [0.2, 0.25) is 0 Å². The molecule has 4 aliphatic rings. The van der Waals surface area contributed by atoms with Crippen LogP contribution in [-0.4, -0.2) is 33.3 Å². The molecular weight excluding hydrogens is 396 g/mol. The fraction of sp³-hybridized carbons (Fsp3) is 0.440. The van der Waals surface area contributed by atoms with Crippen LogP contribution in [0.5, 0.6) is 0 Å². The molecule has 2 unspecified atom stereocenters. The van der Waals surface area contributed by atoms with Gasteiger partial charge in [0.1, 0.15) is 12.0 Å². The largest absolute Gasteiger partial charge is 0.332 e. The molecule has 3 aliphatic carbocycles. The number of benzene rings is 2. The van der Waals surface area contributed by atoms with Gasteiger partial charge >= 0.3 is 0 Å².